The van der Waals surface area contributed by atoms with Crippen LogP contribution in [-0.2, 0) is 6.42 Å². The van der Waals surface area contributed by atoms with E-state index >= 15 is 0 Å². The normalized spacial score (nSPS) is 15.8. The number of nitrogens with zero attached hydrogens (tertiary/aromatic N) is 1. The Morgan fingerprint density at radius 2 is 2.00 bits per heavy atom. The van der Waals surface area contributed by atoms with E-state index in [0.29, 0.717) is 5.88 Å². The Morgan fingerprint density at radius 1 is 1.24 bits per heavy atom. The number of nitrogens with two attached hydrogens (primary N) is 1. The maximum Gasteiger partial charge on any atom is 0.230 e. The quantitative estimate of drug-likeness (QED) is 0.877. The molecule has 17 heavy (non-hydrogen) atoms. The minimum atomic E-state index is 0.436. The number of hydrogen-bond donors (Lipinski definition) is 1. The molecule has 1 saturated carbocycles. The molecular formula is C14H16N2O. The fourth-order valence-electron chi connectivity index (χ4n) is 2.36. The van der Waals surface area contributed by atoms with Crippen molar-refractivity contribution < 1.29 is 4.52 Å². The first-order chi connectivity index (χ1) is 8.34. The monoisotopic (exact) mass is 228 g/mol. The lowest BCUT2D eigenvalue weighted by molar-refractivity contribution is 0.306. The van der Waals surface area contributed by atoms with Crippen LogP contribution in [0.2, 0.25) is 0 Å². The second-order valence-electron chi connectivity index (χ2n) is 4.74. The van der Waals surface area contributed by atoms with E-state index in [1.54, 1.807) is 0 Å². The number of nitrogen functional groups attached to an aromatic ring is 1. The summed E-state index contributed by atoms with van der Waals surface area (Å²) < 4.78 is 5.15. The molecule has 0 bridgehead atoms. The summed E-state index contributed by atoms with van der Waals surface area (Å²) in [5.41, 5.74) is 8.97. The predicted molar refractivity (Wildman–Crippen MR) is 67.4 cm³/mol. The van der Waals surface area contributed by atoms with Gasteiger partial charge in [0, 0.05) is 0 Å². The first kappa shape index (κ1) is 10.4. The van der Waals surface area contributed by atoms with E-state index in [0.717, 1.165) is 29.2 Å². The standard InChI is InChI=1S/C14H16N2O/c15-14-13(11-7-2-1-3-8-11)12(16-17-14)9-10-5-4-6-10/h1-3,7-8,10H,4-6,9,15H2. The zero-order valence-corrected chi connectivity index (χ0v) is 9.73. The average Bonchev–Trinajstić information content (AvgIpc) is 2.66. The minimum absolute atomic E-state index is 0.436. The van der Waals surface area contributed by atoms with Gasteiger partial charge in [-0.1, -0.05) is 54.8 Å². The summed E-state index contributed by atoms with van der Waals surface area (Å²) >= 11 is 0. The minimum Gasteiger partial charge on any atom is -0.367 e. The smallest absolute Gasteiger partial charge is 0.230 e. The van der Waals surface area contributed by atoms with Gasteiger partial charge in [0.15, 0.2) is 0 Å². The zero-order valence-electron chi connectivity index (χ0n) is 9.73. The van der Waals surface area contributed by atoms with E-state index in [1.165, 1.54) is 19.3 Å². The average molecular weight is 228 g/mol. The van der Waals surface area contributed by atoms with Crippen LogP contribution in [0, 0.1) is 5.92 Å². The third-order valence-electron chi connectivity index (χ3n) is 3.56. The van der Waals surface area contributed by atoms with Crippen LogP contribution in [0.3, 0.4) is 0 Å². The third kappa shape index (κ3) is 1.93. The van der Waals surface area contributed by atoms with Crippen molar-refractivity contribution >= 4 is 5.88 Å². The van der Waals surface area contributed by atoms with Gasteiger partial charge >= 0.3 is 0 Å². The third-order valence-corrected chi connectivity index (χ3v) is 3.56. The summed E-state index contributed by atoms with van der Waals surface area (Å²) in [6, 6.07) is 10.1. The van der Waals surface area contributed by atoms with E-state index in [9.17, 15) is 0 Å². The van der Waals surface area contributed by atoms with Gasteiger partial charge in [0.1, 0.15) is 0 Å². The molecule has 2 aromatic rings. The fraction of sp³-hybridized carbons (Fsp3) is 0.357. The molecule has 88 valence electrons. The molecule has 0 unspecified atom stereocenters. The molecule has 1 aliphatic rings. The number of benzene rings is 1. The second kappa shape index (κ2) is 4.24. The van der Waals surface area contributed by atoms with Gasteiger partial charge in [-0.3, -0.25) is 0 Å². The van der Waals surface area contributed by atoms with Crippen LogP contribution in [0.4, 0.5) is 5.88 Å². The number of aromatic nitrogens is 1. The first-order valence-corrected chi connectivity index (χ1v) is 6.14. The summed E-state index contributed by atoms with van der Waals surface area (Å²) in [6.07, 6.45) is 4.95. The second-order valence-corrected chi connectivity index (χ2v) is 4.74. The van der Waals surface area contributed by atoms with Crippen molar-refractivity contribution in [2.45, 2.75) is 25.7 Å². The number of rotatable bonds is 3. The Balaban J connectivity index is 1.94. The molecule has 0 amide bonds. The van der Waals surface area contributed by atoms with E-state index in [4.69, 9.17) is 10.3 Å². The summed E-state index contributed by atoms with van der Waals surface area (Å²) in [5, 5.41) is 4.11. The lowest BCUT2D eigenvalue weighted by Gasteiger charge is -2.24. The van der Waals surface area contributed by atoms with Gasteiger partial charge in [0.05, 0.1) is 11.3 Å². The lowest BCUT2D eigenvalue weighted by Crippen LogP contribution is -2.14. The van der Waals surface area contributed by atoms with E-state index in [2.05, 4.69) is 5.16 Å². The first-order valence-electron chi connectivity index (χ1n) is 6.14. The highest BCUT2D eigenvalue weighted by Crippen LogP contribution is 2.35. The van der Waals surface area contributed by atoms with Crippen molar-refractivity contribution in [3.8, 4) is 11.1 Å². The number of hydrogen-bond acceptors (Lipinski definition) is 3. The molecule has 0 spiro atoms. The number of anilines is 1. The maximum atomic E-state index is 5.88. The molecule has 1 fully saturated rings. The van der Waals surface area contributed by atoms with Gasteiger partial charge in [-0.25, -0.2) is 0 Å². The summed E-state index contributed by atoms with van der Waals surface area (Å²) in [5.74, 6) is 1.20. The van der Waals surface area contributed by atoms with Crippen LogP contribution in [0.25, 0.3) is 11.1 Å². The summed E-state index contributed by atoms with van der Waals surface area (Å²) in [4.78, 5) is 0. The molecule has 2 N–H and O–H groups in total. The van der Waals surface area contributed by atoms with Crippen molar-refractivity contribution in [1.82, 2.24) is 5.16 Å². The van der Waals surface area contributed by atoms with E-state index in [1.807, 2.05) is 30.3 Å². The molecule has 0 aliphatic heterocycles. The maximum absolute atomic E-state index is 5.88. The van der Waals surface area contributed by atoms with Gasteiger partial charge in [-0.2, -0.15) is 0 Å². The Morgan fingerprint density at radius 3 is 2.65 bits per heavy atom. The molecular weight excluding hydrogens is 212 g/mol. The van der Waals surface area contributed by atoms with Gasteiger partial charge in [0.2, 0.25) is 5.88 Å². The van der Waals surface area contributed by atoms with E-state index < -0.39 is 0 Å². The molecule has 3 nitrogen and oxygen atoms in total. The Labute approximate surface area is 101 Å². The van der Waals surface area contributed by atoms with Crippen LogP contribution in [0.5, 0.6) is 0 Å². The van der Waals surface area contributed by atoms with Crippen LogP contribution in [0.15, 0.2) is 34.9 Å². The Bertz CT molecular complexity index is 500. The van der Waals surface area contributed by atoms with Crippen molar-refractivity contribution in [3.05, 3.63) is 36.0 Å². The van der Waals surface area contributed by atoms with Gasteiger partial charge < -0.3 is 10.3 Å². The van der Waals surface area contributed by atoms with Crippen LogP contribution in [-0.4, -0.2) is 5.16 Å². The van der Waals surface area contributed by atoms with Crippen LogP contribution < -0.4 is 5.73 Å². The predicted octanol–water partition coefficient (Wildman–Crippen LogP) is 3.27. The fourth-order valence-corrected chi connectivity index (χ4v) is 2.36. The highest BCUT2D eigenvalue weighted by atomic mass is 16.5. The SMILES string of the molecule is Nc1onc(CC2CCC2)c1-c1ccccc1. The largest absolute Gasteiger partial charge is 0.367 e. The van der Waals surface area contributed by atoms with Gasteiger partial charge in [0.25, 0.3) is 0 Å². The molecule has 0 saturated heterocycles. The molecule has 1 aromatic carbocycles. The highest BCUT2D eigenvalue weighted by molar-refractivity contribution is 5.74. The molecule has 3 rings (SSSR count). The molecule has 3 heteroatoms. The molecule has 1 aliphatic carbocycles. The molecule has 1 heterocycles. The Kier molecular flexibility index (Phi) is 2.59. The summed E-state index contributed by atoms with van der Waals surface area (Å²) in [7, 11) is 0. The molecule has 0 radical (unpaired) electrons. The van der Waals surface area contributed by atoms with E-state index in [-0.39, 0.29) is 0 Å². The van der Waals surface area contributed by atoms with Crippen molar-refractivity contribution in [1.29, 1.82) is 0 Å². The van der Waals surface area contributed by atoms with Crippen molar-refractivity contribution in [2.75, 3.05) is 5.73 Å². The summed E-state index contributed by atoms with van der Waals surface area (Å²) in [6.45, 7) is 0. The molecule has 0 atom stereocenters. The van der Waals surface area contributed by atoms with Crippen LogP contribution in [0.1, 0.15) is 25.0 Å². The lowest BCUT2D eigenvalue weighted by atomic mass is 9.81. The van der Waals surface area contributed by atoms with Crippen molar-refractivity contribution in [2.24, 2.45) is 5.92 Å². The zero-order chi connectivity index (χ0) is 11.7. The van der Waals surface area contributed by atoms with Crippen molar-refractivity contribution in [3.63, 3.8) is 0 Å². The van der Waals surface area contributed by atoms with Gasteiger partial charge in [-0.05, 0) is 17.9 Å². The topological polar surface area (TPSA) is 52.0 Å². The van der Waals surface area contributed by atoms with Gasteiger partial charge in [-0.15, -0.1) is 0 Å². The molecule has 1 aromatic heterocycles. The highest BCUT2D eigenvalue weighted by Gasteiger charge is 2.23. The Hall–Kier alpha value is -1.77. The van der Waals surface area contributed by atoms with Crippen LogP contribution >= 0.6 is 0 Å².